The van der Waals surface area contributed by atoms with Gasteiger partial charge in [0.05, 0.1) is 23.5 Å². The minimum atomic E-state index is 0.0921. The Morgan fingerprint density at radius 1 is 1.35 bits per heavy atom. The summed E-state index contributed by atoms with van der Waals surface area (Å²) in [6, 6.07) is 5.25. The summed E-state index contributed by atoms with van der Waals surface area (Å²) in [7, 11) is 0. The second-order valence-corrected chi connectivity index (χ2v) is 6.22. The van der Waals surface area contributed by atoms with Gasteiger partial charge in [0.1, 0.15) is 12.0 Å². The summed E-state index contributed by atoms with van der Waals surface area (Å²) in [4.78, 5) is 7.32. The average Bonchev–Trinajstić information content (AvgIpc) is 2.80. The Hall–Kier alpha value is -1.33. The summed E-state index contributed by atoms with van der Waals surface area (Å²) in [5.41, 5.74) is 2.39. The molecule has 0 saturated carbocycles. The molecule has 2 N–H and O–H groups in total. The Balaban J connectivity index is 1.62. The molecule has 20 heavy (non-hydrogen) atoms. The number of fused-ring (bicyclic) bond motifs is 4. The van der Waals surface area contributed by atoms with Crippen LogP contribution >= 0.6 is 0 Å². The molecule has 1 aromatic rings. The van der Waals surface area contributed by atoms with Gasteiger partial charge in [0.25, 0.3) is 0 Å². The maximum Gasteiger partial charge on any atom is 0.150 e. The van der Waals surface area contributed by atoms with Crippen molar-refractivity contribution in [1.29, 1.82) is 0 Å². The molecule has 3 aliphatic rings. The Morgan fingerprint density at radius 2 is 2.25 bits per heavy atom. The van der Waals surface area contributed by atoms with Crippen molar-refractivity contribution in [2.45, 2.75) is 51.1 Å². The van der Waals surface area contributed by atoms with Gasteiger partial charge in [-0.3, -0.25) is 5.32 Å². The normalized spacial score (nSPS) is 35.6. The van der Waals surface area contributed by atoms with Gasteiger partial charge in [0, 0.05) is 19.1 Å². The SMILES string of the molecule is C[C@@H]1CC(c2ccc3c(n2)N[C@H]2CCN3C2)N[C@@H](C)O1. The van der Waals surface area contributed by atoms with E-state index in [1.165, 1.54) is 12.1 Å². The van der Waals surface area contributed by atoms with E-state index in [4.69, 9.17) is 9.72 Å². The standard InChI is InChI=1S/C15H22N4O/c1-9-7-13(16-10(2)20-9)12-3-4-14-15(18-12)17-11-5-6-19(14)8-11/h3-4,9-11,13,16H,5-8H2,1-2H3,(H,17,18)/t9-,10-,11+,13?/m1/s1. The van der Waals surface area contributed by atoms with Crippen LogP contribution in [-0.4, -0.2) is 36.4 Å². The molecule has 0 amide bonds. The van der Waals surface area contributed by atoms with Crippen LogP contribution in [0.25, 0.3) is 0 Å². The molecule has 0 aliphatic carbocycles. The van der Waals surface area contributed by atoms with E-state index < -0.39 is 0 Å². The lowest BCUT2D eigenvalue weighted by molar-refractivity contribution is -0.0600. The second kappa shape index (κ2) is 4.60. The van der Waals surface area contributed by atoms with E-state index in [1.807, 2.05) is 0 Å². The number of nitrogens with one attached hydrogen (secondary N) is 2. The van der Waals surface area contributed by atoms with Crippen LogP contribution in [0.4, 0.5) is 11.5 Å². The van der Waals surface area contributed by atoms with E-state index in [0.29, 0.717) is 6.04 Å². The Morgan fingerprint density at radius 3 is 3.10 bits per heavy atom. The van der Waals surface area contributed by atoms with Crippen LogP contribution in [0.2, 0.25) is 0 Å². The molecule has 0 spiro atoms. The first kappa shape index (κ1) is 12.4. The summed E-state index contributed by atoms with van der Waals surface area (Å²) in [6.45, 7) is 6.46. The van der Waals surface area contributed by atoms with Crippen molar-refractivity contribution in [3.8, 4) is 0 Å². The second-order valence-electron chi connectivity index (χ2n) is 6.22. The highest BCUT2D eigenvalue weighted by Gasteiger charge is 2.32. The van der Waals surface area contributed by atoms with Gasteiger partial charge >= 0.3 is 0 Å². The first-order chi connectivity index (χ1) is 9.69. The van der Waals surface area contributed by atoms with E-state index in [0.717, 1.165) is 31.0 Å². The van der Waals surface area contributed by atoms with Crippen molar-refractivity contribution >= 4 is 11.5 Å². The third kappa shape index (κ3) is 2.05. The molecule has 2 bridgehead atoms. The fraction of sp³-hybridized carbons (Fsp3) is 0.667. The molecule has 5 heteroatoms. The number of anilines is 2. The minimum Gasteiger partial charge on any atom is -0.366 e. The van der Waals surface area contributed by atoms with E-state index >= 15 is 0 Å². The Kier molecular flexibility index (Phi) is 2.86. The molecule has 1 unspecified atom stereocenters. The lowest BCUT2D eigenvalue weighted by atomic mass is 10.0. The number of pyridine rings is 1. The number of ether oxygens (including phenoxy) is 1. The molecule has 108 valence electrons. The predicted molar refractivity (Wildman–Crippen MR) is 79.0 cm³/mol. The molecule has 5 nitrogen and oxygen atoms in total. The summed E-state index contributed by atoms with van der Waals surface area (Å²) in [5, 5.41) is 7.06. The number of rotatable bonds is 1. The van der Waals surface area contributed by atoms with Crippen LogP contribution in [0.1, 0.15) is 38.4 Å². The number of hydrogen-bond acceptors (Lipinski definition) is 5. The largest absolute Gasteiger partial charge is 0.366 e. The van der Waals surface area contributed by atoms with Gasteiger partial charge in [-0.25, -0.2) is 4.98 Å². The van der Waals surface area contributed by atoms with Crippen molar-refractivity contribution in [3.63, 3.8) is 0 Å². The van der Waals surface area contributed by atoms with Crippen LogP contribution in [0.5, 0.6) is 0 Å². The highest BCUT2D eigenvalue weighted by molar-refractivity contribution is 5.70. The fourth-order valence-corrected chi connectivity index (χ4v) is 3.65. The summed E-state index contributed by atoms with van der Waals surface area (Å²) >= 11 is 0. The third-order valence-corrected chi connectivity index (χ3v) is 4.56. The highest BCUT2D eigenvalue weighted by Crippen LogP contribution is 2.35. The van der Waals surface area contributed by atoms with E-state index in [9.17, 15) is 0 Å². The van der Waals surface area contributed by atoms with Crippen LogP contribution < -0.4 is 15.5 Å². The van der Waals surface area contributed by atoms with Gasteiger partial charge in [-0.05, 0) is 38.8 Å². The molecule has 0 radical (unpaired) electrons. The van der Waals surface area contributed by atoms with Crippen LogP contribution in [0.15, 0.2) is 12.1 Å². The molecule has 1 aromatic heterocycles. The maximum atomic E-state index is 5.73. The zero-order valence-electron chi connectivity index (χ0n) is 12.1. The Bertz CT molecular complexity index is 511. The van der Waals surface area contributed by atoms with E-state index in [2.05, 4.69) is 41.5 Å². The van der Waals surface area contributed by atoms with E-state index in [-0.39, 0.29) is 18.4 Å². The molecule has 3 aliphatic heterocycles. The summed E-state index contributed by atoms with van der Waals surface area (Å²) in [6.07, 6.45) is 2.56. The van der Waals surface area contributed by atoms with E-state index in [1.54, 1.807) is 0 Å². The molecule has 4 rings (SSSR count). The quantitative estimate of drug-likeness (QED) is 0.819. The Labute approximate surface area is 119 Å². The average molecular weight is 274 g/mol. The maximum absolute atomic E-state index is 5.73. The predicted octanol–water partition coefficient (Wildman–Crippen LogP) is 1.87. The van der Waals surface area contributed by atoms with Crippen LogP contribution in [-0.2, 0) is 4.74 Å². The number of aromatic nitrogens is 1. The molecule has 0 aromatic carbocycles. The molecule has 4 atom stereocenters. The van der Waals surface area contributed by atoms with Crippen LogP contribution in [0, 0.1) is 0 Å². The zero-order valence-corrected chi connectivity index (χ0v) is 12.1. The van der Waals surface area contributed by atoms with Crippen molar-refractivity contribution in [2.75, 3.05) is 23.3 Å². The third-order valence-electron chi connectivity index (χ3n) is 4.56. The van der Waals surface area contributed by atoms with Crippen LogP contribution in [0.3, 0.4) is 0 Å². The lowest BCUT2D eigenvalue weighted by Gasteiger charge is -2.34. The fourth-order valence-electron chi connectivity index (χ4n) is 3.65. The smallest absolute Gasteiger partial charge is 0.150 e. The topological polar surface area (TPSA) is 49.4 Å². The van der Waals surface area contributed by atoms with Crippen molar-refractivity contribution in [1.82, 2.24) is 10.3 Å². The molecular formula is C15H22N4O. The first-order valence-corrected chi connectivity index (χ1v) is 7.63. The van der Waals surface area contributed by atoms with Crippen molar-refractivity contribution < 1.29 is 4.74 Å². The monoisotopic (exact) mass is 274 g/mol. The molecule has 4 heterocycles. The minimum absolute atomic E-state index is 0.0921. The zero-order chi connectivity index (χ0) is 13.7. The van der Waals surface area contributed by atoms with Gasteiger partial charge in [0.15, 0.2) is 0 Å². The van der Waals surface area contributed by atoms with Gasteiger partial charge in [0.2, 0.25) is 0 Å². The van der Waals surface area contributed by atoms with Gasteiger partial charge < -0.3 is 15.0 Å². The first-order valence-electron chi connectivity index (χ1n) is 7.63. The number of hydrogen-bond donors (Lipinski definition) is 2. The molecule has 2 fully saturated rings. The van der Waals surface area contributed by atoms with Crippen molar-refractivity contribution in [3.05, 3.63) is 17.8 Å². The highest BCUT2D eigenvalue weighted by atomic mass is 16.5. The van der Waals surface area contributed by atoms with Gasteiger partial charge in [-0.2, -0.15) is 0 Å². The van der Waals surface area contributed by atoms with Gasteiger partial charge in [-0.1, -0.05) is 0 Å². The molecular weight excluding hydrogens is 252 g/mol. The molecule has 2 saturated heterocycles. The lowest BCUT2D eigenvalue weighted by Crippen LogP contribution is -2.42. The van der Waals surface area contributed by atoms with Crippen molar-refractivity contribution in [2.24, 2.45) is 0 Å². The summed E-state index contributed by atoms with van der Waals surface area (Å²) < 4.78 is 5.73. The summed E-state index contributed by atoms with van der Waals surface area (Å²) in [5.74, 6) is 1.06. The number of nitrogens with zero attached hydrogens (tertiary/aromatic N) is 2. The van der Waals surface area contributed by atoms with Gasteiger partial charge in [-0.15, -0.1) is 0 Å².